The smallest absolute Gasteiger partial charge is 0.152 e. The van der Waals surface area contributed by atoms with Gasteiger partial charge in [-0.15, -0.1) is 0 Å². The lowest BCUT2D eigenvalue weighted by molar-refractivity contribution is -0.208. The van der Waals surface area contributed by atoms with Crippen LogP contribution in [0.3, 0.4) is 0 Å². The maximum Gasteiger partial charge on any atom is 0.152 e. The fourth-order valence-corrected chi connectivity index (χ4v) is 0.412. The minimum Gasteiger partial charge on any atom is -0.371 e. The molecule has 0 aromatic heterocycles. The number of aliphatic hydroxyl groups excluding tert-OH is 2. The zero-order valence-electron chi connectivity index (χ0n) is 7.18. The molecule has 0 aromatic carbocycles. The van der Waals surface area contributed by atoms with Gasteiger partial charge in [0.1, 0.15) is 13.6 Å². The molecule has 0 saturated heterocycles. The summed E-state index contributed by atoms with van der Waals surface area (Å²) >= 11 is 0. The number of aliphatic hydroxyl groups is 2. The van der Waals surface area contributed by atoms with Crippen LogP contribution in [0.5, 0.6) is 0 Å². The van der Waals surface area contributed by atoms with Gasteiger partial charge in [-0.2, -0.15) is 0 Å². The first kappa shape index (κ1) is 12.7. The van der Waals surface area contributed by atoms with Gasteiger partial charge < -0.3 is 33.9 Å². The Morgan fingerprint density at radius 1 is 0.538 bits per heavy atom. The van der Waals surface area contributed by atoms with E-state index in [2.05, 4.69) is 9.47 Å². The van der Waals surface area contributed by atoms with Gasteiger partial charge in [0, 0.05) is 0 Å². The van der Waals surface area contributed by atoms with Gasteiger partial charge in [0.25, 0.3) is 0 Å². The molecule has 0 unspecified atom stereocenters. The van der Waals surface area contributed by atoms with Crippen molar-refractivity contribution in [3.8, 4) is 0 Å². The zero-order chi connectivity index (χ0) is 9.78. The molecule has 7 nitrogen and oxygen atoms in total. The van der Waals surface area contributed by atoms with E-state index in [4.69, 9.17) is 24.4 Å². The van der Waals surface area contributed by atoms with Gasteiger partial charge >= 0.3 is 0 Å². The second-order valence-corrected chi connectivity index (χ2v) is 1.75. The molecule has 0 atom stereocenters. The minimum absolute atomic E-state index is 0.000868. The second kappa shape index (κ2) is 11.7. The summed E-state index contributed by atoms with van der Waals surface area (Å²) in [5.74, 6) is 0. The third-order valence-corrected chi connectivity index (χ3v) is 0.849. The molecule has 13 heavy (non-hydrogen) atoms. The van der Waals surface area contributed by atoms with E-state index in [1.807, 2.05) is 0 Å². The van der Waals surface area contributed by atoms with Gasteiger partial charge in [-0.25, -0.2) is 0 Å². The lowest BCUT2D eigenvalue weighted by Crippen LogP contribution is -2.09. The zero-order valence-corrected chi connectivity index (χ0v) is 7.18. The molecule has 2 N–H and O–H groups in total. The highest BCUT2D eigenvalue weighted by Crippen LogP contribution is 1.82. The first-order valence-corrected chi connectivity index (χ1v) is 3.52. The van der Waals surface area contributed by atoms with Crippen molar-refractivity contribution in [1.82, 2.24) is 0 Å². The molecule has 0 aliphatic carbocycles. The Bertz CT molecular complexity index is 79.1. The van der Waals surface area contributed by atoms with E-state index in [0.717, 1.165) is 0 Å². The topological polar surface area (TPSA) is 86.6 Å². The highest BCUT2D eigenvalue weighted by molar-refractivity contribution is 4.05. The lowest BCUT2D eigenvalue weighted by Gasteiger charge is -2.05. The van der Waals surface area contributed by atoms with Gasteiger partial charge in [-0.05, 0) is 0 Å². The minimum atomic E-state index is -0.388. The normalized spacial score (nSPS) is 10.6. The van der Waals surface area contributed by atoms with Crippen LogP contribution in [-0.2, 0) is 23.7 Å². The van der Waals surface area contributed by atoms with Crippen molar-refractivity contribution < 1.29 is 33.9 Å². The van der Waals surface area contributed by atoms with Crippen molar-refractivity contribution in [3.05, 3.63) is 0 Å². The van der Waals surface area contributed by atoms with Gasteiger partial charge in [0.05, 0.1) is 0 Å². The van der Waals surface area contributed by atoms with Crippen molar-refractivity contribution >= 4 is 0 Å². The summed E-state index contributed by atoms with van der Waals surface area (Å²) in [5, 5.41) is 16.3. The SMILES string of the molecule is OCOCOCOCOCOCO. The maximum absolute atomic E-state index is 8.16. The van der Waals surface area contributed by atoms with Gasteiger partial charge in [0.15, 0.2) is 27.2 Å². The Morgan fingerprint density at radius 3 is 1.15 bits per heavy atom. The summed E-state index contributed by atoms with van der Waals surface area (Å²) in [4.78, 5) is 0. The van der Waals surface area contributed by atoms with Crippen LogP contribution in [0.4, 0.5) is 0 Å². The molecule has 7 heteroatoms. The fourth-order valence-electron chi connectivity index (χ4n) is 0.412. The lowest BCUT2D eigenvalue weighted by atomic mass is 11.2. The fraction of sp³-hybridized carbons (Fsp3) is 1.00. The summed E-state index contributed by atoms with van der Waals surface area (Å²) in [5.41, 5.74) is 0. The van der Waals surface area contributed by atoms with Crippen molar-refractivity contribution in [3.63, 3.8) is 0 Å². The molecular weight excluding hydrogens is 184 g/mol. The molecular formula is C6H14O7. The van der Waals surface area contributed by atoms with Crippen molar-refractivity contribution in [2.24, 2.45) is 0 Å². The van der Waals surface area contributed by atoms with Crippen molar-refractivity contribution in [2.75, 3.05) is 40.8 Å². The first-order chi connectivity index (χ1) is 6.41. The highest BCUT2D eigenvalue weighted by Gasteiger charge is 1.88. The van der Waals surface area contributed by atoms with Crippen LogP contribution < -0.4 is 0 Å². The molecule has 0 aliphatic rings. The molecule has 80 valence electrons. The van der Waals surface area contributed by atoms with Crippen LogP contribution >= 0.6 is 0 Å². The third-order valence-electron chi connectivity index (χ3n) is 0.849. The van der Waals surface area contributed by atoms with Crippen LogP contribution in [0.15, 0.2) is 0 Å². The van der Waals surface area contributed by atoms with Crippen LogP contribution in [0.1, 0.15) is 0 Å². The molecule has 0 spiro atoms. The standard InChI is InChI=1S/C6H14O7/c7-1-9-3-11-5-13-6-12-4-10-2-8/h7-8H,1-6H2. The molecule has 0 fully saturated rings. The largest absolute Gasteiger partial charge is 0.371 e. The van der Waals surface area contributed by atoms with Crippen LogP contribution in [0.25, 0.3) is 0 Å². The van der Waals surface area contributed by atoms with E-state index >= 15 is 0 Å². The quantitative estimate of drug-likeness (QED) is 0.336. The predicted octanol–water partition coefficient (Wildman–Crippen LogP) is -1.20. The summed E-state index contributed by atoms with van der Waals surface area (Å²) < 4.78 is 23.0. The summed E-state index contributed by atoms with van der Waals surface area (Å²) in [6.07, 6.45) is 0. The summed E-state index contributed by atoms with van der Waals surface area (Å²) in [6.45, 7) is -0.854. The average Bonchev–Trinajstić information content (AvgIpc) is 2.16. The Balaban J connectivity index is 2.76. The summed E-state index contributed by atoms with van der Waals surface area (Å²) in [6, 6.07) is 0. The van der Waals surface area contributed by atoms with Gasteiger partial charge in [-0.1, -0.05) is 0 Å². The van der Waals surface area contributed by atoms with Crippen molar-refractivity contribution in [2.45, 2.75) is 0 Å². The molecule has 0 heterocycles. The number of ether oxygens (including phenoxy) is 5. The molecule has 0 aromatic rings. The number of hydrogen-bond donors (Lipinski definition) is 2. The van der Waals surface area contributed by atoms with E-state index < -0.39 is 0 Å². The second-order valence-electron chi connectivity index (χ2n) is 1.75. The van der Waals surface area contributed by atoms with Crippen molar-refractivity contribution in [1.29, 1.82) is 0 Å². The van der Waals surface area contributed by atoms with Crippen LogP contribution in [-0.4, -0.2) is 51.0 Å². The Morgan fingerprint density at radius 2 is 0.846 bits per heavy atom. The number of hydrogen-bond acceptors (Lipinski definition) is 7. The molecule has 0 bridgehead atoms. The van der Waals surface area contributed by atoms with Crippen LogP contribution in [0.2, 0.25) is 0 Å². The van der Waals surface area contributed by atoms with E-state index in [-0.39, 0.29) is 40.8 Å². The summed E-state index contributed by atoms with van der Waals surface area (Å²) in [7, 11) is 0. The Labute approximate surface area is 75.7 Å². The molecule has 0 amide bonds. The predicted molar refractivity (Wildman–Crippen MR) is 39.1 cm³/mol. The first-order valence-electron chi connectivity index (χ1n) is 3.52. The Hall–Kier alpha value is -0.280. The molecule has 0 aliphatic heterocycles. The van der Waals surface area contributed by atoms with E-state index in [1.54, 1.807) is 0 Å². The molecule has 0 radical (unpaired) electrons. The third kappa shape index (κ3) is 11.7. The maximum atomic E-state index is 8.16. The molecule has 0 rings (SSSR count). The Kier molecular flexibility index (Phi) is 11.5. The van der Waals surface area contributed by atoms with E-state index in [1.165, 1.54) is 0 Å². The van der Waals surface area contributed by atoms with E-state index in [0.29, 0.717) is 0 Å². The monoisotopic (exact) mass is 198 g/mol. The average molecular weight is 198 g/mol. The number of rotatable bonds is 10. The highest BCUT2D eigenvalue weighted by atomic mass is 16.8. The van der Waals surface area contributed by atoms with Gasteiger partial charge in [-0.3, -0.25) is 0 Å². The van der Waals surface area contributed by atoms with Gasteiger partial charge in [0.2, 0.25) is 0 Å². The van der Waals surface area contributed by atoms with Crippen LogP contribution in [0, 0.1) is 0 Å². The van der Waals surface area contributed by atoms with E-state index in [9.17, 15) is 0 Å². The molecule has 0 saturated carbocycles.